The average Bonchev–Trinajstić information content (AvgIpc) is 2.37. The number of aliphatic hydroxyl groups is 2. The molecule has 1 aromatic heterocycles. The molecule has 0 aliphatic heterocycles. The highest BCUT2D eigenvalue weighted by Crippen LogP contribution is 2.27. The summed E-state index contributed by atoms with van der Waals surface area (Å²) in [6, 6.07) is 0. The Hall–Kier alpha value is -0.890. The quantitative estimate of drug-likeness (QED) is 0.763. The van der Waals surface area contributed by atoms with Gasteiger partial charge in [0, 0.05) is 18.9 Å². The van der Waals surface area contributed by atoms with Gasteiger partial charge in [-0.05, 0) is 18.0 Å². The first-order chi connectivity index (χ1) is 8.95. The van der Waals surface area contributed by atoms with Crippen molar-refractivity contribution >= 4 is 28.5 Å². The van der Waals surface area contributed by atoms with E-state index in [0.717, 1.165) is 11.8 Å². The fourth-order valence-corrected chi connectivity index (χ4v) is 2.18. The number of carbonyl (C=O) groups is 1. The van der Waals surface area contributed by atoms with Crippen LogP contribution in [0.4, 0.5) is 0 Å². The number of carbonyl (C=O) groups excluding carboxylic acids is 1. The molecule has 0 saturated carbocycles. The molecule has 6 nitrogen and oxygen atoms in total. The Labute approximate surface area is 120 Å². The van der Waals surface area contributed by atoms with Crippen molar-refractivity contribution in [2.24, 2.45) is 0 Å². The number of halogens is 1. The first-order valence-corrected chi connectivity index (χ1v) is 6.88. The van der Waals surface area contributed by atoms with Crippen LogP contribution in [0.1, 0.15) is 25.0 Å². The Bertz CT molecular complexity index is 447. The van der Waals surface area contributed by atoms with Gasteiger partial charge in [0.15, 0.2) is 5.12 Å². The van der Waals surface area contributed by atoms with Crippen LogP contribution in [-0.4, -0.2) is 44.3 Å². The van der Waals surface area contributed by atoms with Crippen molar-refractivity contribution in [1.29, 1.82) is 0 Å². The number of aliphatic hydroxyl groups excluding tert-OH is 2. The van der Waals surface area contributed by atoms with Crippen LogP contribution >= 0.6 is 23.4 Å². The van der Waals surface area contributed by atoms with Crippen molar-refractivity contribution in [3.05, 3.63) is 17.0 Å². The second-order valence-corrected chi connectivity index (χ2v) is 5.35. The third-order valence-electron chi connectivity index (χ3n) is 2.35. The molecule has 0 saturated heterocycles. The standard InChI is InChI=1S/C11H15ClN2O4S/c1-6(15)19-4-3-8(16)9(17)7-5-13-11(12)14-10(7)18-2/h5,8-9,16-17H,3-4H2,1-2H3. The largest absolute Gasteiger partial charge is 0.481 e. The Morgan fingerprint density at radius 2 is 2.26 bits per heavy atom. The highest BCUT2D eigenvalue weighted by molar-refractivity contribution is 8.13. The molecule has 2 atom stereocenters. The minimum atomic E-state index is -1.19. The molecule has 8 heteroatoms. The van der Waals surface area contributed by atoms with Gasteiger partial charge in [-0.2, -0.15) is 4.98 Å². The molecule has 0 spiro atoms. The van der Waals surface area contributed by atoms with Crippen molar-refractivity contribution < 1.29 is 19.7 Å². The van der Waals surface area contributed by atoms with E-state index >= 15 is 0 Å². The van der Waals surface area contributed by atoms with Gasteiger partial charge in [-0.3, -0.25) is 4.79 Å². The maximum absolute atomic E-state index is 10.8. The summed E-state index contributed by atoms with van der Waals surface area (Å²) in [5, 5.41) is 19.8. The summed E-state index contributed by atoms with van der Waals surface area (Å²) in [7, 11) is 1.38. The van der Waals surface area contributed by atoms with E-state index < -0.39 is 12.2 Å². The van der Waals surface area contributed by atoms with Crippen LogP contribution in [0.3, 0.4) is 0 Å². The number of hydrogen-bond donors (Lipinski definition) is 2. The van der Waals surface area contributed by atoms with Gasteiger partial charge in [0.1, 0.15) is 6.10 Å². The van der Waals surface area contributed by atoms with E-state index in [1.165, 1.54) is 20.2 Å². The van der Waals surface area contributed by atoms with Crippen molar-refractivity contribution in [3.63, 3.8) is 0 Å². The van der Waals surface area contributed by atoms with Crippen molar-refractivity contribution in [2.45, 2.75) is 25.6 Å². The van der Waals surface area contributed by atoms with Crippen LogP contribution in [-0.2, 0) is 4.79 Å². The summed E-state index contributed by atoms with van der Waals surface area (Å²) in [6.07, 6.45) is -0.664. The Morgan fingerprint density at radius 3 is 2.84 bits per heavy atom. The number of rotatable bonds is 6. The zero-order chi connectivity index (χ0) is 14.4. The number of ether oxygens (including phenoxy) is 1. The lowest BCUT2D eigenvalue weighted by atomic mass is 10.1. The molecule has 0 fully saturated rings. The topological polar surface area (TPSA) is 92.5 Å². The van der Waals surface area contributed by atoms with Gasteiger partial charge >= 0.3 is 0 Å². The van der Waals surface area contributed by atoms with Gasteiger partial charge in [0.25, 0.3) is 0 Å². The van der Waals surface area contributed by atoms with Gasteiger partial charge in [0.05, 0.1) is 18.8 Å². The molecular weight excluding hydrogens is 292 g/mol. The predicted octanol–water partition coefficient (Wildman–Crippen LogP) is 1.20. The van der Waals surface area contributed by atoms with E-state index in [1.807, 2.05) is 0 Å². The fraction of sp³-hybridized carbons (Fsp3) is 0.545. The number of methoxy groups -OCH3 is 1. The van der Waals surface area contributed by atoms with Crippen molar-refractivity contribution in [1.82, 2.24) is 9.97 Å². The maximum atomic E-state index is 10.8. The zero-order valence-corrected chi connectivity index (χ0v) is 12.1. The van der Waals surface area contributed by atoms with E-state index in [4.69, 9.17) is 16.3 Å². The van der Waals surface area contributed by atoms with Crippen LogP contribution in [0.2, 0.25) is 5.28 Å². The molecule has 1 heterocycles. The molecule has 19 heavy (non-hydrogen) atoms. The molecule has 106 valence electrons. The zero-order valence-electron chi connectivity index (χ0n) is 10.5. The SMILES string of the molecule is COc1nc(Cl)ncc1C(O)C(O)CCSC(C)=O. The summed E-state index contributed by atoms with van der Waals surface area (Å²) < 4.78 is 4.97. The molecule has 1 rings (SSSR count). The summed E-state index contributed by atoms with van der Waals surface area (Å²) in [4.78, 5) is 18.3. The van der Waals surface area contributed by atoms with Crippen molar-refractivity contribution in [3.8, 4) is 5.88 Å². The first kappa shape index (κ1) is 16.2. The molecular formula is C11H15ClN2O4S. The van der Waals surface area contributed by atoms with Gasteiger partial charge in [-0.15, -0.1) is 0 Å². The van der Waals surface area contributed by atoms with E-state index in [2.05, 4.69) is 9.97 Å². The molecule has 0 aliphatic rings. The normalized spacial score (nSPS) is 13.9. The van der Waals surface area contributed by atoms with Gasteiger partial charge in [-0.25, -0.2) is 4.98 Å². The molecule has 2 N–H and O–H groups in total. The van der Waals surface area contributed by atoms with Crippen LogP contribution in [0, 0.1) is 0 Å². The minimum Gasteiger partial charge on any atom is -0.481 e. The molecule has 1 aromatic rings. The molecule has 0 radical (unpaired) electrons. The highest BCUT2D eigenvalue weighted by atomic mass is 35.5. The van der Waals surface area contributed by atoms with Crippen LogP contribution in [0.15, 0.2) is 6.20 Å². The average molecular weight is 307 g/mol. The Kier molecular flexibility index (Phi) is 6.50. The van der Waals surface area contributed by atoms with Crippen molar-refractivity contribution in [2.75, 3.05) is 12.9 Å². The Balaban J connectivity index is 2.70. The van der Waals surface area contributed by atoms with Gasteiger partial charge in [0.2, 0.25) is 11.2 Å². The summed E-state index contributed by atoms with van der Waals surface area (Å²) in [5.74, 6) is 0.537. The predicted molar refractivity (Wildman–Crippen MR) is 72.3 cm³/mol. The third-order valence-corrected chi connectivity index (χ3v) is 3.37. The molecule has 2 unspecified atom stereocenters. The number of aromatic nitrogens is 2. The second-order valence-electron chi connectivity index (χ2n) is 3.74. The summed E-state index contributed by atoms with van der Waals surface area (Å²) in [6.45, 7) is 1.45. The van der Waals surface area contributed by atoms with Crippen LogP contribution in [0.5, 0.6) is 5.88 Å². The molecule has 0 aromatic carbocycles. The highest BCUT2D eigenvalue weighted by Gasteiger charge is 2.23. The smallest absolute Gasteiger partial charge is 0.225 e. The van der Waals surface area contributed by atoms with Gasteiger partial charge < -0.3 is 14.9 Å². The molecule has 0 bridgehead atoms. The minimum absolute atomic E-state index is 0.00516. The molecule has 0 aliphatic carbocycles. The first-order valence-electron chi connectivity index (χ1n) is 5.51. The Morgan fingerprint density at radius 1 is 1.58 bits per heavy atom. The van der Waals surface area contributed by atoms with E-state index in [9.17, 15) is 15.0 Å². The monoisotopic (exact) mass is 306 g/mol. The number of nitrogens with zero attached hydrogens (tertiary/aromatic N) is 2. The lowest BCUT2D eigenvalue weighted by molar-refractivity contribution is -0.109. The van der Waals surface area contributed by atoms with E-state index in [-0.39, 0.29) is 28.3 Å². The maximum Gasteiger partial charge on any atom is 0.225 e. The van der Waals surface area contributed by atoms with Gasteiger partial charge in [-0.1, -0.05) is 11.8 Å². The summed E-state index contributed by atoms with van der Waals surface area (Å²) >= 11 is 6.70. The van der Waals surface area contributed by atoms with Crippen LogP contribution < -0.4 is 4.74 Å². The lowest BCUT2D eigenvalue weighted by Crippen LogP contribution is -2.20. The van der Waals surface area contributed by atoms with E-state index in [0.29, 0.717) is 5.75 Å². The van der Waals surface area contributed by atoms with Crippen LogP contribution in [0.25, 0.3) is 0 Å². The lowest BCUT2D eigenvalue weighted by Gasteiger charge is -2.18. The number of thioether (sulfide) groups is 1. The number of hydrogen-bond acceptors (Lipinski definition) is 7. The second kappa shape index (κ2) is 7.64. The van der Waals surface area contributed by atoms with E-state index in [1.54, 1.807) is 0 Å². The molecule has 0 amide bonds. The summed E-state index contributed by atoms with van der Waals surface area (Å²) in [5.41, 5.74) is 0.257. The fourth-order valence-electron chi connectivity index (χ4n) is 1.41. The third kappa shape index (κ3) is 4.94.